The standard InChI is InChI=1S/C27H31NO2/c1-2-3-9-19-16-20-10-8-11-21(17-19)28(20)27(29)30-18-26-24-14-6-4-12-22(24)23-13-5-7-15-25(23)26/h4-7,12-16,20-21,26H,2-3,8-11,17-18H2,1H3. The Labute approximate surface area is 179 Å². The fraction of sp³-hybridized carbons (Fsp3) is 0.444. The van der Waals surface area contributed by atoms with Crippen LogP contribution in [0.25, 0.3) is 11.1 Å². The number of amides is 1. The lowest BCUT2D eigenvalue weighted by atomic mass is 9.84. The van der Waals surface area contributed by atoms with E-state index in [0.29, 0.717) is 12.6 Å². The van der Waals surface area contributed by atoms with Gasteiger partial charge in [-0.1, -0.05) is 73.5 Å². The summed E-state index contributed by atoms with van der Waals surface area (Å²) < 4.78 is 5.99. The molecule has 2 aromatic rings. The maximum absolute atomic E-state index is 13.2. The molecule has 3 aliphatic rings. The Morgan fingerprint density at radius 3 is 2.40 bits per heavy atom. The van der Waals surface area contributed by atoms with Crippen LogP contribution < -0.4 is 0 Å². The number of nitrogens with zero attached hydrogens (tertiary/aromatic N) is 1. The molecule has 2 aromatic carbocycles. The zero-order chi connectivity index (χ0) is 20.5. The van der Waals surface area contributed by atoms with E-state index in [-0.39, 0.29) is 18.1 Å². The molecule has 2 unspecified atom stereocenters. The molecule has 3 heteroatoms. The number of unbranched alkanes of at least 4 members (excludes halogenated alkanes) is 1. The lowest BCUT2D eigenvalue weighted by molar-refractivity contribution is 0.0507. The fourth-order valence-corrected chi connectivity index (χ4v) is 5.66. The molecular weight excluding hydrogens is 370 g/mol. The lowest BCUT2D eigenvalue weighted by Gasteiger charge is -2.44. The molecule has 1 aliphatic carbocycles. The largest absolute Gasteiger partial charge is 0.448 e. The third kappa shape index (κ3) is 3.45. The Balaban J connectivity index is 1.32. The summed E-state index contributed by atoms with van der Waals surface area (Å²) in [4.78, 5) is 15.2. The van der Waals surface area contributed by atoms with E-state index < -0.39 is 0 Å². The van der Waals surface area contributed by atoms with Gasteiger partial charge < -0.3 is 4.74 Å². The van der Waals surface area contributed by atoms with Crippen LogP contribution in [0.5, 0.6) is 0 Å². The molecule has 2 bridgehead atoms. The number of rotatable bonds is 5. The molecule has 0 aromatic heterocycles. The summed E-state index contributed by atoms with van der Waals surface area (Å²) in [6.07, 6.45) is 10.3. The average Bonchev–Trinajstić information content (AvgIpc) is 3.09. The topological polar surface area (TPSA) is 29.5 Å². The zero-order valence-corrected chi connectivity index (χ0v) is 17.8. The second-order valence-electron chi connectivity index (χ2n) is 9.00. The quantitative estimate of drug-likeness (QED) is 0.523. The maximum atomic E-state index is 13.2. The van der Waals surface area contributed by atoms with Crippen LogP contribution in [-0.2, 0) is 4.74 Å². The van der Waals surface area contributed by atoms with Gasteiger partial charge in [0.25, 0.3) is 0 Å². The first-order valence-corrected chi connectivity index (χ1v) is 11.6. The van der Waals surface area contributed by atoms with E-state index >= 15 is 0 Å². The minimum absolute atomic E-state index is 0.127. The van der Waals surface area contributed by atoms with Crippen molar-refractivity contribution in [2.45, 2.75) is 69.9 Å². The van der Waals surface area contributed by atoms with Gasteiger partial charge in [-0.25, -0.2) is 4.79 Å². The normalized spacial score (nSPS) is 22.3. The van der Waals surface area contributed by atoms with Gasteiger partial charge in [0, 0.05) is 12.0 Å². The predicted octanol–water partition coefficient (Wildman–Crippen LogP) is 6.68. The molecule has 2 heterocycles. The Hall–Kier alpha value is -2.55. The Bertz CT molecular complexity index is 917. The van der Waals surface area contributed by atoms with Gasteiger partial charge in [-0.05, 0) is 60.8 Å². The van der Waals surface area contributed by atoms with Crippen LogP contribution >= 0.6 is 0 Å². The SMILES string of the molecule is CCCCC1=CC2CCCC(C1)N2C(=O)OCC1c2ccccc2-c2ccccc21. The van der Waals surface area contributed by atoms with Gasteiger partial charge in [-0.3, -0.25) is 4.90 Å². The summed E-state index contributed by atoms with van der Waals surface area (Å²) in [7, 11) is 0. The van der Waals surface area contributed by atoms with Crippen LogP contribution in [0, 0.1) is 0 Å². The van der Waals surface area contributed by atoms with Crippen LogP contribution in [-0.4, -0.2) is 29.7 Å². The Morgan fingerprint density at radius 1 is 1.03 bits per heavy atom. The van der Waals surface area contributed by atoms with Gasteiger partial charge in [-0.2, -0.15) is 0 Å². The van der Waals surface area contributed by atoms with E-state index in [1.54, 1.807) is 5.57 Å². The van der Waals surface area contributed by atoms with Gasteiger partial charge in [0.2, 0.25) is 0 Å². The van der Waals surface area contributed by atoms with Crippen molar-refractivity contribution in [1.29, 1.82) is 0 Å². The summed E-state index contributed by atoms with van der Waals surface area (Å²) >= 11 is 0. The summed E-state index contributed by atoms with van der Waals surface area (Å²) in [6.45, 7) is 2.66. The lowest BCUT2D eigenvalue weighted by Crippen LogP contribution is -2.52. The van der Waals surface area contributed by atoms with Gasteiger partial charge >= 0.3 is 6.09 Å². The Kier molecular flexibility index (Phi) is 5.37. The number of hydrogen-bond donors (Lipinski definition) is 0. The molecule has 3 nitrogen and oxygen atoms in total. The van der Waals surface area contributed by atoms with Gasteiger partial charge in [0.05, 0.1) is 6.04 Å². The van der Waals surface area contributed by atoms with Crippen molar-refractivity contribution in [3.63, 3.8) is 0 Å². The first-order chi connectivity index (χ1) is 14.8. The molecule has 1 fully saturated rings. The molecular formula is C27H31NO2. The van der Waals surface area contributed by atoms with Crippen molar-refractivity contribution >= 4 is 6.09 Å². The first-order valence-electron chi connectivity index (χ1n) is 11.6. The van der Waals surface area contributed by atoms with E-state index in [9.17, 15) is 4.79 Å². The predicted molar refractivity (Wildman–Crippen MR) is 121 cm³/mol. The monoisotopic (exact) mass is 401 g/mol. The first kappa shape index (κ1) is 19.4. The minimum atomic E-state index is -0.127. The highest BCUT2D eigenvalue weighted by molar-refractivity contribution is 5.79. The molecule has 0 saturated carbocycles. The Morgan fingerprint density at radius 2 is 1.73 bits per heavy atom. The van der Waals surface area contributed by atoms with Crippen LogP contribution in [0.1, 0.15) is 68.9 Å². The number of piperidine rings is 1. The van der Waals surface area contributed by atoms with Crippen molar-refractivity contribution in [2.24, 2.45) is 0 Å². The van der Waals surface area contributed by atoms with Crippen molar-refractivity contribution < 1.29 is 9.53 Å². The number of fused-ring (bicyclic) bond motifs is 5. The second-order valence-corrected chi connectivity index (χ2v) is 9.00. The van der Waals surface area contributed by atoms with Crippen LogP contribution in [0.3, 0.4) is 0 Å². The van der Waals surface area contributed by atoms with E-state index in [1.165, 1.54) is 47.9 Å². The number of benzene rings is 2. The van der Waals surface area contributed by atoms with E-state index in [4.69, 9.17) is 4.74 Å². The smallest absolute Gasteiger partial charge is 0.410 e. The van der Waals surface area contributed by atoms with Crippen molar-refractivity contribution in [3.05, 3.63) is 71.3 Å². The highest BCUT2D eigenvalue weighted by Crippen LogP contribution is 2.44. The molecule has 30 heavy (non-hydrogen) atoms. The molecule has 2 atom stereocenters. The summed E-state index contributed by atoms with van der Waals surface area (Å²) in [5.74, 6) is 0.127. The zero-order valence-electron chi connectivity index (χ0n) is 17.8. The van der Waals surface area contributed by atoms with Gasteiger partial charge in [-0.15, -0.1) is 0 Å². The third-order valence-electron chi connectivity index (χ3n) is 7.11. The molecule has 1 amide bonds. The second kappa shape index (κ2) is 8.29. The van der Waals surface area contributed by atoms with E-state index in [0.717, 1.165) is 19.3 Å². The number of hydrogen-bond acceptors (Lipinski definition) is 2. The minimum Gasteiger partial charge on any atom is -0.448 e. The van der Waals surface area contributed by atoms with Crippen molar-refractivity contribution in [3.8, 4) is 11.1 Å². The van der Waals surface area contributed by atoms with E-state index in [1.807, 2.05) is 4.90 Å². The highest BCUT2D eigenvalue weighted by atomic mass is 16.6. The number of carbonyl (C=O) groups excluding carboxylic acids is 1. The molecule has 0 spiro atoms. The molecule has 2 aliphatic heterocycles. The fourth-order valence-electron chi connectivity index (χ4n) is 5.66. The van der Waals surface area contributed by atoms with Crippen molar-refractivity contribution in [2.75, 3.05) is 6.61 Å². The molecule has 156 valence electrons. The number of carbonyl (C=O) groups is 1. The summed E-state index contributed by atoms with van der Waals surface area (Å²) in [5, 5.41) is 0. The maximum Gasteiger partial charge on any atom is 0.410 e. The average molecular weight is 402 g/mol. The molecule has 1 saturated heterocycles. The molecule has 0 N–H and O–H groups in total. The molecule has 5 rings (SSSR count). The van der Waals surface area contributed by atoms with Gasteiger partial charge in [0.1, 0.15) is 6.61 Å². The van der Waals surface area contributed by atoms with Crippen LogP contribution in [0.15, 0.2) is 60.2 Å². The van der Waals surface area contributed by atoms with Crippen LogP contribution in [0.2, 0.25) is 0 Å². The third-order valence-corrected chi connectivity index (χ3v) is 7.11. The van der Waals surface area contributed by atoms with Gasteiger partial charge in [0.15, 0.2) is 0 Å². The van der Waals surface area contributed by atoms with Crippen LogP contribution in [0.4, 0.5) is 4.79 Å². The number of ether oxygens (including phenoxy) is 1. The summed E-state index contributed by atoms with van der Waals surface area (Å²) in [5.41, 5.74) is 6.63. The highest BCUT2D eigenvalue weighted by Gasteiger charge is 2.38. The van der Waals surface area contributed by atoms with Crippen molar-refractivity contribution in [1.82, 2.24) is 4.90 Å². The van der Waals surface area contributed by atoms with E-state index in [2.05, 4.69) is 61.5 Å². The molecule has 0 radical (unpaired) electrons. The summed E-state index contributed by atoms with van der Waals surface area (Å²) in [6, 6.07) is 17.6.